The number of methoxy groups -OCH3 is 3. The quantitative estimate of drug-likeness (QED) is 0.377. The van der Waals surface area contributed by atoms with E-state index in [2.05, 4.69) is 26.5 Å². The van der Waals surface area contributed by atoms with E-state index in [0.717, 1.165) is 49.7 Å². The van der Waals surface area contributed by atoms with Gasteiger partial charge in [0.25, 0.3) is 11.8 Å². The van der Waals surface area contributed by atoms with Gasteiger partial charge in [-0.3, -0.25) is 9.59 Å². The van der Waals surface area contributed by atoms with E-state index in [1.807, 2.05) is 44.2 Å². The highest BCUT2D eigenvalue weighted by atomic mass is 16.5. The van der Waals surface area contributed by atoms with Crippen LogP contribution in [-0.4, -0.2) is 65.4 Å². The highest BCUT2D eigenvalue weighted by Gasteiger charge is 2.25. The van der Waals surface area contributed by atoms with Crippen molar-refractivity contribution in [2.24, 2.45) is 0 Å². The van der Waals surface area contributed by atoms with Crippen LogP contribution < -0.4 is 34.6 Å². The molecular weight excluding hydrogens is 508 g/mol. The van der Waals surface area contributed by atoms with Gasteiger partial charge in [0.1, 0.15) is 22.8 Å². The molecule has 2 amide bonds. The number of hydrogen-bond donors (Lipinski definition) is 2. The summed E-state index contributed by atoms with van der Waals surface area (Å²) in [6.45, 7) is 7.01. The number of carbonyl (C=O) groups excluding carboxylic acids is 2. The molecule has 212 valence electrons. The minimum atomic E-state index is -0.388. The Kier molecular flexibility index (Phi) is 9.37. The van der Waals surface area contributed by atoms with Crippen LogP contribution in [0.2, 0.25) is 0 Å². The third kappa shape index (κ3) is 6.25. The largest absolute Gasteiger partial charge is 0.496 e. The van der Waals surface area contributed by atoms with Gasteiger partial charge in [-0.25, -0.2) is 0 Å². The van der Waals surface area contributed by atoms with E-state index in [4.69, 9.17) is 14.2 Å². The van der Waals surface area contributed by atoms with Gasteiger partial charge in [0.15, 0.2) is 0 Å². The van der Waals surface area contributed by atoms with Gasteiger partial charge in [0.2, 0.25) is 0 Å². The number of carbonyl (C=O) groups is 2. The number of nitrogens with zero attached hydrogens (tertiary/aromatic N) is 2. The Morgan fingerprint density at radius 3 is 1.95 bits per heavy atom. The van der Waals surface area contributed by atoms with Crippen molar-refractivity contribution in [1.29, 1.82) is 0 Å². The van der Waals surface area contributed by atoms with Crippen LogP contribution in [0.1, 0.15) is 41.0 Å². The number of amides is 2. The Hall–Kier alpha value is -4.40. The molecule has 40 heavy (non-hydrogen) atoms. The van der Waals surface area contributed by atoms with Crippen LogP contribution in [0.5, 0.6) is 17.2 Å². The van der Waals surface area contributed by atoms with Gasteiger partial charge in [-0.1, -0.05) is 25.1 Å². The van der Waals surface area contributed by atoms with Crippen LogP contribution in [0.4, 0.5) is 17.1 Å². The fourth-order valence-corrected chi connectivity index (χ4v) is 4.82. The van der Waals surface area contributed by atoms with E-state index < -0.39 is 0 Å². The molecule has 9 nitrogen and oxygen atoms in total. The molecule has 1 saturated heterocycles. The van der Waals surface area contributed by atoms with Gasteiger partial charge in [-0.05, 0) is 55.8 Å². The molecule has 1 atom stereocenters. The first-order valence-corrected chi connectivity index (χ1v) is 13.5. The van der Waals surface area contributed by atoms with Crippen LogP contribution in [0.3, 0.4) is 0 Å². The summed E-state index contributed by atoms with van der Waals surface area (Å²) in [7, 11) is 4.69. The molecule has 0 saturated carbocycles. The third-order valence-electron chi connectivity index (χ3n) is 7.19. The highest BCUT2D eigenvalue weighted by molar-refractivity contribution is 6.09. The summed E-state index contributed by atoms with van der Waals surface area (Å²) in [6, 6.07) is 18.6. The Balaban J connectivity index is 1.60. The lowest BCUT2D eigenvalue weighted by atomic mass is 10.1. The summed E-state index contributed by atoms with van der Waals surface area (Å²) < 4.78 is 16.3. The Labute approximate surface area is 236 Å². The Morgan fingerprint density at radius 2 is 1.35 bits per heavy atom. The molecule has 4 rings (SSSR count). The van der Waals surface area contributed by atoms with Crippen LogP contribution in [0.15, 0.2) is 60.7 Å². The number of piperazine rings is 1. The fraction of sp³-hybridized carbons (Fsp3) is 0.355. The first kappa shape index (κ1) is 28.6. The molecule has 0 aromatic heterocycles. The summed E-state index contributed by atoms with van der Waals surface area (Å²) in [5, 5.41) is 6.00. The van der Waals surface area contributed by atoms with Crippen molar-refractivity contribution < 1.29 is 23.8 Å². The third-order valence-corrected chi connectivity index (χ3v) is 7.19. The minimum absolute atomic E-state index is 0.0128. The van der Waals surface area contributed by atoms with Gasteiger partial charge >= 0.3 is 0 Å². The second-order valence-electron chi connectivity index (χ2n) is 9.65. The normalized spacial score (nSPS) is 13.8. The van der Waals surface area contributed by atoms with E-state index in [9.17, 15) is 9.59 Å². The number of benzene rings is 3. The number of anilines is 3. The molecule has 0 unspecified atom stereocenters. The summed E-state index contributed by atoms with van der Waals surface area (Å²) in [5.74, 6) is 1.08. The summed E-state index contributed by atoms with van der Waals surface area (Å²) in [6.07, 6.45) is 0.808. The van der Waals surface area contributed by atoms with Crippen LogP contribution in [0, 0.1) is 0 Å². The van der Waals surface area contributed by atoms with Gasteiger partial charge in [0, 0.05) is 43.6 Å². The summed E-state index contributed by atoms with van der Waals surface area (Å²) in [4.78, 5) is 31.2. The number of rotatable bonds is 10. The molecule has 1 heterocycles. The molecule has 0 bridgehead atoms. The highest BCUT2D eigenvalue weighted by Crippen LogP contribution is 2.32. The van der Waals surface area contributed by atoms with E-state index >= 15 is 0 Å². The molecular formula is C31H38N4O5. The van der Waals surface area contributed by atoms with Crippen molar-refractivity contribution in [3.63, 3.8) is 0 Å². The lowest BCUT2D eigenvalue weighted by Crippen LogP contribution is -2.47. The van der Waals surface area contributed by atoms with Gasteiger partial charge < -0.3 is 34.6 Å². The van der Waals surface area contributed by atoms with E-state index in [0.29, 0.717) is 22.7 Å². The van der Waals surface area contributed by atoms with Crippen LogP contribution in [-0.2, 0) is 0 Å². The Morgan fingerprint density at radius 1 is 0.775 bits per heavy atom. The molecule has 1 aliphatic rings. The van der Waals surface area contributed by atoms with Crippen molar-refractivity contribution in [2.45, 2.75) is 26.3 Å². The second-order valence-corrected chi connectivity index (χ2v) is 9.65. The lowest BCUT2D eigenvalue weighted by molar-refractivity contribution is 0.0938. The maximum atomic E-state index is 13.4. The van der Waals surface area contributed by atoms with E-state index in [1.165, 1.54) is 14.2 Å². The monoisotopic (exact) mass is 546 g/mol. The van der Waals surface area contributed by atoms with Gasteiger partial charge in [-0.2, -0.15) is 0 Å². The Bertz CT molecular complexity index is 1310. The molecule has 0 aliphatic carbocycles. The smallest absolute Gasteiger partial charge is 0.263 e. The SMILES string of the molecule is CC[C@H](C)NC(=O)c1cc(NC(=O)c2c(OC)cccc2OC)ccc1N1CCN(c2ccccc2OC)CC1. The molecule has 0 radical (unpaired) electrons. The predicted octanol–water partition coefficient (Wildman–Crippen LogP) is 4.82. The van der Waals surface area contributed by atoms with Crippen LogP contribution in [0.25, 0.3) is 0 Å². The van der Waals surface area contributed by atoms with Crippen molar-refractivity contribution in [3.05, 3.63) is 71.8 Å². The van der Waals surface area contributed by atoms with Crippen molar-refractivity contribution in [1.82, 2.24) is 5.32 Å². The first-order chi connectivity index (χ1) is 19.4. The molecule has 3 aromatic rings. The first-order valence-electron chi connectivity index (χ1n) is 13.5. The molecule has 1 fully saturated rings. The topological polar surface area (TPSA) is 92.4 Å². The maximum Gasteiger partial charge on any atom is 0.263 e. The average molecular weight is 547 g/mol. The molecule has 1 aliphatic heterocycles. The molecule has 3 aromatic carbocycles. The molecule has 0 spiro atoms. The summed E-state index contributed by atoms with van der Waals surface area (Å²) >= 11 is 0. The van der Waals surface area contributed by atoms with Gasteiger partial charge in [0.05, 0.1) is 32.6 Å². The zero-order chi connectivity index (χ0) is 28.6. The lowest BCUT2D eigenvalue weighted by Gasteiger charge is -2.38. The predicted molar refractivity (Wildman–Crippen MR) is 159 cm³/mol. The van der Waals surface area contributed by atoms with E-state index in [-0.39, 0.29) is 23.4 Å². The number of ether oxygens (including phenoxy) is 3. The number of hydrogen-bond acceptors (Lipinski definition) is 7. The van der Waals surface area contributed by atoms with Crippen molar-refractivity contribution in [3.8, 4) is 17.2 Å². The average Bonchev–Trinajstić information content (AvgIpc) is 3.00. The number of nitrogens with one attached hydrogen (secondary N) is 2. The second kappa shape index (κ2) is 13.1. The fourth-order valence-electron chi connectivity index (χ4n) is 4.82. The maximum absolute atomic E-state index is 13.4. The zero-order valence-corrected chi connectivity index (χ0v) is 23.8. The van der Waals surface area contributed by atoms with Crippen LogP contribution >= 0.6 is 0 Å². The van der Waals surface area contributed by atoms with Gasteiger partial charge in [-0.15, -0.1) is 0 Å². The molecule has 9 heteroatoms. The van der Waals surface area contributed by atoms with Crippen molar-refractivity contribution >= 4 is 28.9 Å². The standard InChI is InChI=1S/C31H38N4O5/c1-6-21(2)32-30(36)23-20-22(33-31(37)29-27(39-4)12-9-13-28(29)40-5)14-15-24(23)34-16-18-35(19-17-34)25-10-7-8-11-26(25)38-3/h7-15,20-21H,6,16-19H2,1-5H3,(H,32,36)(H,33,37)/t21-/m0/s1. The zero-order valence-electron chi connectivity index (χ0n) is 23.8. The minimum Gasteiger partial charge on any atom is -0.496 e. The number of para-hydroxylation sites is 2. The summed E-state index contributed by atoms with van der Waals surface area (Å²) in [5.41, 5.74) is 3.19. The molecule has 2 N–H and O–H groups in total. The van der Waals surface area contributed by atoms with E-state index in [1.54, 1.807) is 31.4 Å². The van der Waals surface area contributed by atoms with Crippen molar-refractivity contribution in [2.75, 3.05) is 62.6 Å².